The zero-order valence-electron chi connectivity index (χ0n) is 54.5. The zero-order valence-corrected chi connectivity index (χ0v) is 54.5. The Morgan fingerprint density at radius 2 is 0.727 bits per heavy atom. The van der Waals surface area contributed by atoms with Gasteiger partial charge in [-0.1, -0.05) is 237 Å². The molecule has 0 radical (unpaired) electrons. The standard InChI is InChI=1S/C69H127NO18/c1-3-5-7-9-11-13-15-17-19-21-23-25-26-27-29-31-33-35-37-39-41-43-45-47-57(75)70-52(53(74)46-44-42-40-38-36-34-32-30-28-24-22-20-18-16-14-12-10-8-6-4-2)51-83-67-63(81)60(78)65(55(49-72)85-67)88-69-64(82)61(79)66(56(50-73)86-69)87-68-62(80)59(77)58(76)54(48-71)84-68/h21,23,36,38,44,46,52-56,58-69,71-74,76-82H,3-20,22,24-35,37,39-43,45,47-51H2,1-2H3,(H,70,75)/b23-21-,38-36+,46-44+. The molecule has 19 heteroatoms. The highest BCUT2D eigenvalue weighted by molar-refractivity contribution is 5.76. The molecule has 12 N–H and O–H groups in total. The van der Waals surface area contributed by atoms with Crippen LogP contribution in [0.25, 0.3) is 0 Å². The van der Waals surface area contributed by atoms with Gasteiger partial charge in [-0.15, -0.1) is 0 Å². The highest BCUT2D eigenvalue weighted by Crippen LogP contribution is 2.33. The molecule has 88 heavy (non-hydrogen) atoms. The molecule has 0 aromatic carbocycles. The van der Waals surface area contributed by atoms with Gasteiger partial charge in [0.2, 0.25) is 5.91 Å². The van der Waals surface area contributed by atoms with Crippen molar-refractivity contribution in [3.8, 4) is 0 Å². The van der Waals surface area contributed by atoms with Crippen molar-refractivity contribution in [2.24, 2.45) is 0 Å². The predicted molar refractivity (Wildman–Crippen MR) is 342 cm³/mol. The summed E-state index contributed by atoms with van der Waals surface area (Å²) in [7, 11) is 0. The highest BCUT2D eigenvalue weighted by Gasteiger charge is 2.53. The molecule has 3 fully saturated rings. The minimum atomic E-state index is -1.98. The van der Waals surface area contributed by atoms with Crippen LogP contribution in [-0.2, 0) is 33.2 Å². The number of unbranched alkanes of at least 4 members (excludes halogenated alkanes) is 34. The monoisotopic (exact) mass is 1260 g/mol. The Labute approximate surface area is 530 Å². The summed E-state index contributed by atoms with van der Waals surface area (Å²) in [6.07, 6.45) is 32.6. The maximum absolute atomic E-state index is 13.4. The number of nitrogens with one attached hydrogen (secondary N) is 1. The van der Waals surface area contributed by atoms with E-state index in [2.05, 4.69) is 43.5 Å². The zero-order chi connectivity index (χ0) is 64.0. The number of carbonyl (C=O) groups is 1. The summed E-state index contributed by atoms with van der Waals surface area (Å²) in [5.74, 6) is -0.284. The lowest BCUT2D eigenvalue weighted by atomic mass is 9.96. The second-order valence-electron chi connectivity index (χ2n) is 25.3. The minimum absolute atomic E-state index is 0.236. The van der Waals surface area contributed by atoms with Crippen molar-refractivity contribution in [2.75, 3.05) is 26.4 Å². The van der Waals surface area contributed by atoms with E-state index >= 15 is 0 Å². The highest BCUT2D eigenvalue weighted by atomic mass is 16.8. The lowest BCUT2D eigenvalue weighted by Crippen LogP contribution is -2.66. The molecule has 0 aliphatic carbocycles. The smallest absolute Gasteiger partial charge is 0.220 e. The van der Waals surface area contributed by atoms with Gasteiger partial charge in [-0.05, 0) is 57.8 Å². The van der Waals surface area contributed by atoms with Gasteiger partial charge in [-0.25, -0.2) is 0 Å². The fourth-order valence-corrected chi connectivity index (χ4v) is 11.9. The van der Waals surface area contributed by atoms with Crippen LogP contribution in [0, 0.1) is 0 Å². The number of hydrogen-bond acceptors (Lipinski definition) is 18. The fraction of sp³-hybridized carbons (Fsp3) is 0.899. The molecule has 17 atom stereocenters. The maximum atomic E-state index is 13.4. The van der Waals surface area contributed by atoms with Crippen molar-refractivity contribution in [3.63, 3.8) is 0 Å². The van der Waals surface area contributed by atoms with Crippen LogP contribution < -0.4 is 5.32 Å². The first-order chi connectivity index (χ1) is 42.8. The normalized spacial score (nSPS) is 28.6. The molecule has 516 valence electrons. The largest absolute Gasteiger partial charge is 0.394 e. The number of allylic oxidation sites excluding steroid dienone is 5. The van der Waals surface area contributed by atoms with Crippen LogP contribution >= 0.6 is 0 Å². The molecule has 3 rings (SSSR count). The third-order valence-electron chi connectivity index (χ3n) is 17.7. The number of aliphatic hydroxyl groups excluding tert-OH is 11. The Kier molecular flexibility index (Phi) is 46.9. The van der Waals surface area contributed by atoms with E-state index in [0.29, 0.717) is 12.8 Å². The van der Waals surface area contributed by atoms with Crippen molar-refractivity contribution in [1.82, 2.24) is 5.32 Å². The first kappa shape index (κ1) is 80.2. The van der Waals surface area contributed by atoms with Gasteiger partial charge in [-0.3, -0.25) is 4.79 Å². The Bertz CT molecular complexity index is 1740. The first-order valence-electron chi connectivity index (χ1n) is 35.2. The molecular weight excluding hydrogens is 1130 g/mol. The summed E-state index contributed by atoms with van der Waals surface area (Å²) >= 11 is 0. The molecule has 0 aromatic rings. The number of amides is 1. The van der Waals surface area contributed by atoms with Crippen molar-refractivity contribution in [1.29, 1.82) is 0 Å². The van der Waals surface area contributed by atoms with Crippen molar-refractivity contribution in [2.45, 2.75) is 369 Å². The molecule has 0 bridgehead atoms. The van der Waals surface area contributed by atoms with Gasteiger partial charge in [0.15, 0.2) is 18.9 Å². The molecule has 19 nitrogen and oxygen atoms in total. The lowest BCUT2D eigenvalue weighted by Gasteiger charge is -2.48. The van der Waals surface area contributed by atoms with Gasteiger partial charge < -0.3 is 89.9 Å². The van der Waals surface area contributed by atoms with Crippen LogP contribution in [0.15, 0.2) is 36.5 Å². The predicted octanol–water partition coefficient (Wildman–Crippen LogP) is 9.22. The summed E-state index contributed by atoms with van der Waals surface area (Å²) in [6.45, 7) is 1.74. The number of carbonyl (C=O) groups excluding carboxylic acids is 1. The van der Waals surface area contributed by atoms with Gasteiger partial charge in [0.25, 0.3) is 0 Å². The molecule has 3 saturated heterocycles. The van der Waals surface area contributed by atoms with Crippen LogP contribution in [-0.4, -0.2) is 193 Å². The third-order valence-corrected chi connectivity index (χ3v) is 17.7. The topological polar surface area (TPSA) is 307 Å². The van der Waals surface area contributed by atoms with Crippen molar-refractivity contribution >= 4 is 5.91 Å². The Morgan fingerprint density at radius 3 is 1.14 bits per heavy atom. The number of hydrogen-bond donors (Lipinski definition) is 12. The summed E-state index contributed by atoms with van der Waals surface area (Å²) in [6, 6.07) is -0.990. The van der Waals surface area contributed by atoms with Crippen LogP contribution in [0.2, 0.25) is 0 Å². The summed E-state index contributed by atoms with van der Waals surface area (Å²) in [5.41, 5.74) is 0. The van der Waals surface area contributed by atoms with Gasteiger partial charge in [0.1, 0.15) is 73.2 Å². The van der Waals surface area contributed by atoms with Gasteiger partial charge >= 0.3 is 0 Å². The molecular formula is C69H127NO18. The number of ether oxygens (including phenoxy) is 6. The average Bonchev–Trinajstić information content (AvgIpc) is 3.71. The molecule has 3 heterocycles. The van der Waals surface area contributed by atoms with E-state index in [1.54, 1.807) is 6.08 Å². The molecule has 0 spiro atoms. The third kappa shape index (κ3) is 33.2. The minimum Gasteiger partial charge on any atom is -0.394 e. The Balaban J connectivity index is 1.45. The maximum Gasteiger partial charge on any atom is 0.220 e. The van der Waals surface area contributed by atoms with Crippen molar-refractivity contribution in [3.05, 3.63) is 36.5 Å². The van der Waals surface area contributed by atoms with E-state index < -0.39 is 124 Å². The van der Waals surface area contributed by atoms with E-state index in [4.69, 9.17) is 28.4 Å². The van der Waals surface area contributed by atoms with Gasteiger partial charge in [-0.2, -0.15) is 0 Å². The van der Waals surface area contributed by atoms with Crippen LogP contribution in [0.4, 0.5) is 0 Å². The van der Waals surface area contributed by atoms with E-state index in [1.165, 1.54) is 193 Å². The molecule has 1 amide bonds. The SMILES string of the molecule is CCCCCCCCCC/C=C\CCCCCCCCCCCCCC(=O)NC(COC1OC(CO)C(OC2OC(CO)C(OC3OC(CO)C(O)C(O)C3O)C(O)C2O)C(O)C1O)C(O)/C=C/CC/C=C/CCCCCCCCCCCCCCCC. The lowest BCUT2D eigenvalue weighted by molar-refractivity contribution is -0.379. The summed E-state index contributed by atoms with van der Waals surface area (Å²) in [4.78, 5) is 13.4. The van der Waals surface area contributed by atoms with Gasteiger partial charge in [0.05, 0.1) is 38.6 Å². The van der Waals surface area contributed by atoms with Crippen LogP contribution in [0.5, 0.6) is 0 Å². The van der Waals surface area contributed by atoms with Crippen LogP contribution in [0.3, 0.4) is 0 Å². The first-order valence-corrected chi connectivity index (χ1v) is 35.2. The molecule has 3 aliphatic heterocycles. The molecule has 0 saturated carbocycles. The average molecular weight is 1260 g/mol. The molecule has 0 aromatic heterocycles. The van der Waals surface area contributed by atoms with E-state index in [1.807, 2.05) is 6.08 Å². The van der Waals surface area contributed by atoms with Gasteiger partial charge in [0, 0.05) is 6.42 Å². The summed E-state index contributed by atoms with van der Waals surface area (Å²) in [5, 5.41) is 121. The van der Waals surface area contributed by atoms with E-state index in [9.17, 15) is 61.0 Å². The quantitative estimate of drug-likeness (QED) is 0.0199. The van der Waals surface area contributed by atoms with E-state index in [0.717, 1.165) is 38.5 Å². The van der Waals surface area contributed by atoms with E-state index in [-0.39, 0.29) is 18.9 Å². The fourth-order valence-electron chi connectivity index (χ4n) is 11.9. The molecule has 3 aliphatic rings. The Morgan fingerprint density at radius 1 is 0.398 bits per heavy atom. The molecule has 17 unspecified atom stereocenters. The number of aliphatic hydroxyl groups is 11. The summed E-state index contributed by atoms with van der Waals surface area (Å²) < 4.78 is 34.3. The second kappa shape index (κ2) is 51.4. The van der Waals surface area contributed by atoms with Crippen molar-refractivity contribution < 1.29 is 89.4 Å². The number of rotatable bonds is 54. The van der Waals surface area contributed by atoms with Crippen LogP contribution in [0.1, 0.15) is 264 Å². The second-order valence-corrected chi connectivity index (χ2v) is 25.3. The Hall–Kier alpha value is -1.99.